The van der Waals surface area contributed by atoms with E-state index in [-0.39, 0.29) is 5.91 Å². The molecule has 2 aromatic heterocycles. The van der Waals surface area contributed by atoms with Gasteiger partial charge in [-0.2, -0.15) is 0 Å². The molecule has 0 saturated carbocycles. The van der Waals surface area contributed by atoms with E-state index in [2.05, 4.69) is 44.3 Å². The van der Waals surface area contributed by atoms with E-state index in [4.69, 9.17) is 16.3 Å². The highest BCUT2D eigenvalue weighted by Gasteiger charge is 2.25. The summed E-state index contributed by atoms with van der Waals surface area (Å²) in [6, 6.07) is 15.6. The number of rotatable bonds is 9. The molecule has 1 amide bonds. The maximum absolute atomic E-state index is 12.6. The average Bonchev–Trinajstić information content (AvgIpc) is 2.92. The summed E-state index contributed by atoms with van der Waals surface area (Å²) in [6.07, 6.45) is 7.39. The first-order valence-electron chi connectivity index (χ1n) is 12.6. The predicted octanol–water partition coefficient (Wildman–Crippen LogP) is 5.44. The molecule has 5 rings (SSSR count). The van der Waals surface area contributed by atoms with Crippen LogP contribution in [-0.2, 0) is 17.8 Å². The maximum Gasteiger partial charge on any atom is 0.248 e. The topological polar surface area (TPSA) is 92.3 Å². The molecule has 0 unspecified atom stereocenters. The Morgan fingerprint density at radius 2 is 2.05 bits per heavy atom. The Hall–Kier alpha value is -4.01. The van der Waals surface area contributed by atoms with Crippen molar-refractivity contribution in [1.29, 1.82) is 0 Å². The molecule has 9 heteroatoms. The first-order chi connectivity index (χ1) is 18.5. The van der Waals surface area contributed by atoms with Crippen molar-refractivity contribution in [2.24, 2.45) is 0 Å². The van der Waals surface area contributed by atoms with E-state index in [1.165, 1.54) is 0 Å². The second-order valence-corrected chi connectivity index (χ2v) is 9.67. The maximum atomic E-state index is 12.6. The highest BCUT2D eigenvalue weighted by atomic mass is 35.5. The Bertz CT molecular complexity index is 1480. The summed E-state index contributed by atoms with van der Waals surface area (Å²) in [6.45, 7) is 5.78. The second-order valence-electron chi connectivity index (χ2n) is 9.26. The van der Waals surface area contributed by atoms with Gasteiger partial charge in [0.15, 0.2) is 0 Å². The normalized spacial score (nSPS) is 12.9. The van der Waals surface area contributed by atoms with Crippen LogP contribution in [0.3, 0.4) is 0 Å². The second kappa shape index (κ2) is 11.6. The number of amides is 1. The summed E-state index contributed by atoms with van der Waals surface area (Å²) in [5.41, 5.74) is 4.36. The van der Waals surface area contributed by atoms with Crippen molar-refractivity contribution in [3.05, 3.63) is 89.5 Å². The minimum atomic E-state index is -0.167. The van der Waals surface area contributed by atoms with Gasteiger partial charge in [-0.25, -0.2) is 9.97 Å². The van der Waals surface area contributed by atoms with Gasteiger partial charge in [0.25, 0.3) is 0 Å². The lowest BCUT2D eigenvalue weighted by Gasteiger charge is -2.31. The average molecular weight is 529 g/mol. The zero-order valence-electron chi connectivity index (χ0n) is 21.3. The van der Waals surface area contributed by atoms with Crippen LogP contribution in [0.5, 0.6) is 5.75 Å². The summed E-state index contributed by atoms with van der Waals surface area (Å²) in [7, 11) is 0. The quantitative estimate of drug-likeness (QED) is 0.279. The van der Waals surface area contributed by atoms with Crippen LogP contribution in [0.15, 0.2) is 73.2 Å². The smallest absolute Gasteiger partial charge is 0.248 e. The Morgan fingerprint density at radius 1 is 1.16 bits per heavy atom. The van der Waals surface area contributed by atoms with Crippen LogP contribution in [0.2, 0.25) is 5.02 Å². The lowest BCUT2D eigenvalue weighted by molar-refractivity contribution is -0.111. The number of halogens is 1. The third kappa shape index (κ3) is 5.77. The van der Waals surface area contributed by atoms with E-state index in [0.717, 1.165) is 39.4 Å². The minimum absolute atomic E-state index is 0.167. The Kier molecular flexibility index (Phi) is 7.81. The number of nitrogens with one attached hydrogen (secondary N) is 2. The summed E-state index contributed by atoms with van der Waals surface area (Å²) in [5, 5.41) is 7.73. The van der Waals surface area contributed by atoms with Crippen LogP contribution in [-0.4, -0.2) is 40.0 Å². The van der Waals surface area contributed by atoms with E-state index >= 15 is 0 Å². The van der Waals surface area contributed by atoms with Crippen LogP contribution >= 0.6 is 11.6 Å². The molecule has 2 N–H and O–H groups in total. The lowest BCUT2D eigenvalue weighted by atomic mass is 9.98. The van der Waals surface area contributed by atoms with E-state index in [0.29, 0.717) is 42.9 Å². The molecule has 0 spiro atoms. The van der Waals surface area contributed by atoms with Gasteiger partial charge in [-0.05, 0) is 54.4 Å². The van der Waals surface area contributed by atoms with Crippen molar-refractivity contribution < 1.29 is 9.53 Å². The molecular weight excluding hydrogens is 500 g/mol. The summed E-state index contributed by atoms with van der Waals surface area (Å²) >= 11 is 6.61. The largest absolute Gasteiger partial charge is 0.486 e. The Balaban J connectivity index is 1.37. The third-order valence-electron chi connectivity index (χ3n) is 6.23. The molecule has 0 radical (unpaired) electrons. The molecule has 0 aliphatic carbocycles. The van der Waals surface area contributed by atoms with E-state index < -0.39 is 0 Å². The number of nitrogens with zero attached hydrogens (tertiary/aromatic N) is 4. The van der Waals surface area contributed by atoms with Crippen LogP contribution in [0.25, 0.3) is 10.9 Å². The van der Waals surface area contributed by atoms with Gasteiger partial charge in [0.2, 0.25) is 5.91 Å². The fraction of sp³-hybridized carbons (Fsp3) is 0.241. The fourth-order valence-corrected chi connectivity index (χ4v) is 4.65. The standard InChI is InChI=1S/C29H29ClN6O2/c1-19(2)31-14-5-7-27(37)35-24-9-10-25-28-22(24)12-15-36(29(28)34-18-33-25)21-8-11-26(23(30)16-21)38-17-20-6-3-4-13-32-20/h3-11,13,16,18-19,31H,12,14-15,17H2,1-2H3,(H,35,37)/b7-5+. The molecular formula is C29H29ClN6O2. The molecule has 1 aliphatic heterocycles. The molecule has 0 bridgehead atoms. The summed E-state index contributed by atoms with van der Waals surface area (Å²) < 4.78 is 5.89. The van der Waals surface area contributed by atoms with Gasteiger partial charge in [-0.3, -0.25) is 9.78 Å². The molecule has 0 saturated heterocycles. The molecule has 4 aromatic rings. The number of pyridine rings is 1. The highest BCUT2D eigenvalue weighted by Crippen LogP contribution is 2.40. The first-order valence-corrected chi connectivity index (χ1v) is 12.9. The van der Waals surface area contributed by atoms with Crippen molar-refractivity contribution in [2.75, 3.05) is 23.3 Å². The van der Waals surface area contributed by atoms with Gasteiger partial charge in [-0.1, -0.05) is 37.6 Å². The van der Waals surface area contributed by atoms with E-state index in [9.17, 15) is 4.79 Å². The lowest BCUT2D eigenvalue weighted by Crippen LogP contribution is -2.26. The van der Waals surface area contributed by atoms with Crippen LogP contribution in [0, 0.1) is 0 Å². The fourth-order valence-electron chi connectivity index (χ4n) is 4.42. The van der Waals surface area contributed by atoms with Gasteiger partial charge in [0.1, 0.15) is 24.5 Å². The third-order valence-corrected chi connectivity index (χ3v) is 6.53. The van der Waals surface area contributed by atoms with Crippen LogP contribution in [0.4, 0.5) is 17.2 Å². The van der Waals surface area contributed by atoms with E-state index in [1.54, 1.807) is 18.6 Å². The van der Waals surface area contributed by atoms with Crippen molar-refractivity contribution >= 4 is 45.6 Å². The Morgan fingerprint density at radius 3 is 2.84 bits per heavy atom. The molecule has 0 fully saturated rings. The number of hydrogen-bond acceptors (Lipinski definition) is 7. The number of benzene rings is 2. The van der Waals surface area contributed by atoms with Crippen LogP contribution < -0.4 is 20.3 Å². The van der Waals surface area contributed by atoms with Crippen molar-refractivity contribution in [3.63, 3.8) is 0 Å². The van der Waals surface area contributed by atoms with Gasteiger partial charge >= 0.3 is 0 Å². The summed E-state index contributed by atoms with van der Waals surface area (Å²) in [4.78, 5) is 28.1. The molecule has 8 nitrogen and oxygen atoms in total. The van der Waals surface area contributed by atoms with E-state index in [1.807, 2.05) is 54.6 Å². The SMILES string of the molecule is CC(C)NC/C=C/C(=O)Nc1ccc2ncnc3c2c1CCN3c1ccc(OCc2ccccn2)c(Cl)c1. The number of carbonyl (C=O) groups excluding carboxylic acids is 1. The highest BCUT2D eigenvalue weighted by molar-refractivity contribution is 6.32. The first kappa shape index (κ1) is 25.6. The van der Waals surface area contributed by atoms with Crippen molar-refractivity contribution in [1.82, 2.24) is 20.3 Å². The molecule has 3 heterocycles. The zero-order valence-corrected chi connectivity index (χ0v) is 22.1. The zero-order chi connectivity index (χ0) is 26.5. The summed E-state index contributed by atoms with van der Waals surface area (Å²) in [5.74, 6) is 1.20. The van der Waals surface area contributed by atoms with Gasteiger partial charge in [-0.15, -0.1) is 0 Å². The number of ether oxygens (including phenoxy) is 1. The molecule has 2 aromatic carbocycles. The van der Waals surface area contributed by atoms with Gasteiger partial charge in [0.05, 0.1) is 16.2 Å². The van der Waals surface area contributed by atoms with Crippen molar-refractivity contribution in [3.8, 4) is 5.75 Å². The molecule has 38 heavy (non-hydrogen) atoms. The van der Waals surface area contributed by atoms with Gasteiger partial charge < -0.3 is 20.3 Å². The number of aromatic nitrogens is 3. The number of anilines is 3. The number of hydrogen-bond donors (Lipinski definition) is 2. The predicted molar refractivity (Wildman–Crippen MR) is 151 cm³/mol. The minimum Gasteiger partial charge on any atom is -0.486 e. The molecule has 1 aliphatic rings. The monoisotopic (exact) mass is 528 g/mol. The molecule has 194 valence electrons. The van der Waals surface area contributed by atoms with Crippen molar-refractivity contribution in [2.45, 2.75) is 32.9 Å². The Labute approximate surface area is 226 Å². The molecule has 0 atom stereocenters. The number of carbonyl (C=O) groups is 1. The van der Waals surface area contributed by atoms with Gasteiger partial charge in [0, 0.05) is 48.2 Å². The van der Waals surface area contributed by atoms with Crippen LogP contribution in [0.1, 0.15) is 25.1 Å².